The predicted molar refractivity (Wildman–Crippen MR) is 165 cm³/mol. The van der Waals surface area contributed by atoms with Gasteiger partial charge in [0.2, 0.25) is 11.8 Å². The molecule has 1 saturated carbocycles. The van der Waals surface area contributed by atoms with Crippen LogP contribution in [0.3, 0.4) is 0 Å². The first-order valence-corrected chi connectivity index (χ1v) is 16.0. The van der Waals surface area contributed by atoms with Gasteiger partial charge in [-0.05, 0) is 62.9 Å². The lowest BCUT2D eigenvalue weighted by Crippen LogP contribution is -2.53. The van der Waals surface area contributed by atoms with Crippen LogP contribution in [0, 0.1) is 6.92 Å². The van der Waals surface area contributed by atoms with Crippen LogP contribution in [0.15, 0.2) is 83.8 Å². The highest BCUT2D eigenvalue weighted by molar-refractivity contribution is 7.92. The summed E-state index contributed by atoms with van der Waals surface area (Å²) in [5, 5.41) is 3.13. The first-order chi connectivity index (χ1) is 20.2. The monoisotopic (exact) mass is 591 g/mol. The van der Waals surface area contributed by atoms with Gasteiger partial charge < -0.3 is 15.0 Å². The maximum Gasteiger partial charge on any atom is 0.264 e. The van der Waals surface area contributed by atoms with E-state index < -0.39 is 28.5 Å². The fourth-order valence-corrected chi connectivity index (χ4v) is 6.68. The largest absolute Gasteiger partial charge is 0.497 e. The summed E-state index contributed by atoms with van der Waals surface area (Å²) in [6.45, 7) is 3.38. The summed E-state index contributed by atoms with van der Waals surface area (Å²) in [5.74, 6) is -0.224. The van der Waals surface area contributed by atoms with Gasteiger partial charge in [-0.15, -0.1) is 0 Å². The molecule has 0 spiro atoms. The molecular weight excluding hydrogens is 550 g/mol. The van der Waals surface area contributed by atoms with Crippen molar-refractivity contribution in [3.63, 3.8) is 0 Å². The van der Waals surface area contributed by atoms with Gasteiger partial charge in [-0.2, -0.15) is 0 Å². The highest BCUT2D eigenvalue weighted by Crippen LogP contribution is 2.28. The summed E-state index contributed by atoms with van der Waals surface area (Å²) >= 11 is 0. The van der Waals surface area contributed by atoms with Crippen molar-refractivity contribution in [3.05, 3.63) is 90.0 Å². The third-order valence-corrected chi connectivity index (χ3v) is 9.62. The van der Waals surface area contributed by atoms with Crippen molar-refractivity contribution in [3.8, 4) is 5.75 Å². The van der Waals surface area contributed by atoms with Crippen LogP contribution in [0.5, 0.6) is 5.75 Å². The van der Waals surface area contributed by atoms with E-state index in [-0.39, 0.29) is 23.4 Å². The lowest BCUT2D eigenvalue weighted by molar-refractivity contribution is -0.139. The average molecular weight is 592 g/mol. The third-order valence-electron chi connectivity index (χ3n) is 7.83. The Morgan fingerprint density at radius 2 is 1.64 bits per heavy atom. The van der Waals surface area contributed by atoms with Gasteiger partial charge >= 0.3 is 0 Å². The molecule has 1 atom stereocenters. The minimum atomic E-state index is -4.13. The molecular formula is C33H41N3O5S. The first kappa shape index (κ1) is 31.1. The number of ether oxygens (including phenoxy) is 1. The van der Waals surface area contributed by atoms with E-state index in [0.717, 1.165) is 41.1 Å². The molecule has 3 aromatic carbocycles. The van der Waals surface area contributed by atoms with E-state index >= 15 is 0 Å². The van der Waals surface area contributed by atoms with E-state index in [1.165, 1.54) is 30.6 Å². The maximum absolute atomic E-state index is 14.1. The summed E-state index contributed by atoms with van der Waals surface area (Å²) in [6, 6.07) is 22.2. The Bertz CT molecular complexity index is 1440. The molecule has 0 unspecified atom stereocenters. The number of rotatable bonds is 12. The molecule has 42 heavy (non-hydrogen) atoms. The molecule has 4 rings (SSSR count). The van der Waals surface area contributed by atoms with Gasteiger partial charge in [0.15, 0.2) is 0 Å². The van der Waals surface area contributed by atoms with Gasteiger partial charge in [0, 0.05) is 18.7 Å². The smallest absolute Gasteiger partial charge is 0.264 e. The summed E-state index contributed by atoms with van der Waals surface area (Å²) in [7, 11) is -2.63. The van der Waals surface area contributed by atoms with Crippen molar-refractivity contribution in [1.82, 2.24) is 10.2 Å². The van der Waals surface area contributed by atoms with E-state index in [1.54, 1.807) is 43.3 Å². The molecule has 2 amide bonds. The summed E-state index contributed by atoms with van der Waals surface area (Å²) in [6.07, 6.45) is 5.69. The van der Waals surface area contributed by atoms with Crippen LogP contribution in [0.25, 0.3) is 0 Å². The van der Waals surface area contributed by atoms with Crippen LogP contribution in [0.1, 0.15) is 50.2 Å². The molecule has 1 aliphatic rings. The van der Waals surface area contributed by atoms with Gasteiger partial charge in [-0.25, -0.2) is 8.42 Å². The predicted octanol–water partition coefficient (Wildman–Crippen LogP) is 5.11. The molecule has 1 N–H and O–H groups in total. The number of carbonyl (C=O) groups is 2. The van der Waals surface area contributed by atoms with Crippen molar-refractivity contribution in [2.45, 2.75) is 69.4 Å². The molecule has 0 bridgehead atoms. The highest BCUT2D eigenvalue weighted by Gasteiger charge is 2.33. The molecule has 0 aromatic heterocycles. The van der Waals surface area contributed by atoms with E-state index in [9.17, 15) is 18.0 Å². The standard InChI is InChI=1S/C33H41N3O5S/c1-25-17-19-31(20-18-25)42(39,40)36(29-15-10-16-30(23-29)41-3)24-32(37)35(22-21-27-11-6-4-7-12-27)26(2)33(38)34-28-13-8-5-9-14-28/h4,6-7,10-12,15-20,23,26,28H,5,8-9,13-14,21-22,24H2,1-3H3,(H,34,38)/t26-/m1/s1. The second kappa shape index (κ2) is 14.4. The number of nitrogens with zero attached hydrogens (tertiary/aromatic N) is 2. The van der Waals surface area contributed by atoms with Crippen LogP contribution in [-0.4, -0.2) is 57.4 Å². The number of benzene rings is 3. The number of hydrogen-bond donors (Lipinski definition) is 1. The number of anilines is 1. The van der Waals surface area contributed by atoms with E-state index in [1.807, 2.05) is 37.3 Å². The molecule has 0 heterocycles. The van der Waals surface area contributed by atoms with Gasteiger partial charge in [0.05, 0.1) is 17.7 Å². The Morgan fingerprint density at radius 1 is 0.952 bits per heavy atom. The summed E-state index contributed by atoms with van der Waals surface area (Å²) < 4.78 is 34.4. The topological polar surface area (TPSA) is 96.0 Å². The van der Waals surface area contributed by atoms with E-state index in [0.29, 0.717) is 17.9 Å². The van der Waals surface area contributed by atoms with E-state index in [2.05, 4.69) is 5.32 Å². The Balaban J connectivity index is 1.65. The van der Waals surface area contributed by atoms with Crippen LogP contribution in [0.4, 0.5) is 5.69 Å². The molecule has 1 fully saturated rings. The van der Waals surface area contributed by atoms with Crippen molar-refractivity contribution in [1.29, 1.82) is 0 Å². The fourth-order valence-electron chi connectivity index (χ4n) is 5.27. The molecule has 0 saturated heterocycles. The number of sulfonamides is 1. The minimum absolute atomic E-state index is 0.0719. The molecule has 0 radical (unpaired) electrons. The van der Waals surface area contributed by atoms with Gasteiger partial charge in [-0.1, -0.05) is 73.4 Å². The summed E-state index contributed by atoms with van der Waals surface area (Å²) in [4.78, 5) is 29.1. The van der Waals surface area contributed by atoms with Crippen LogP contribution in [0.2, 0.25) is 0 Å². The Labute approximate surface area is 249 Å². The van der Waals surface area contributed by atoms with Crippen molar-refractivity contribution in [2.75, 3.05) is 24.5 Å². The SMILES string of the molecule is COc1cccc(N(CC(=O)N(CCc2ccccc2)[C@H](C)C(=O)NC2CCCCC2)S(=O)(=O)c2ccc(C)cc2)c1. The normalized spacial score (nSPS) is 14.5. The van der Waals surface area contributed by atoms with Gasteiger partial charge in [-0.3, -0.25) is 13.9 Å². The Morgan fingerprint density at radius 3 is 2.31 bits per heavy atom. The fraction of sp³-hybridized carbons (Fsp3) is 0.394. The second-order valence-electron chi connectivity index (χ2n) is 10.9. The molecule has 224 valence electrons. The van der Waals surface area contributed by atoms with Crippen molar-refractivity contribution >= 4 is 27.5 Å². The van der Waals surface area contributed by atoms with Crippen molar-refractivity contribution in [2.24, 2.45) is 0 Å². The second-order valence-corrected chi connectivity index (χ2v) is 12.7. The third kappa shape index (κ3) is 7.91. The maximum atomic E-state index is 14.1. The number of amides is 2. The average Bonchev–Trinajstić information content (AvgIpc) is 3.01. The lowest BCUT2D eigenvalue weighted by atomic mass is 9.95. The molecule has 0 aliphatic heterocycles. The molecule has 1 aliphatic carbocycles. The number of methoxy groups -OCH3 is 1. The van der Waals surface area contributed by atoms with Crippen LogP contribution < -0.4 is 14.4 Å². The number of hydrogen-bond acceptors (Lipinski definition) is 5. The number of nitrogens with one attached hydrogen (secondary N) is 1. The Kier molecular flexibility index (Phi) is 10.6. The van der Waals surface area contributed by atoms with Gasteiger partial charge in [0.1, 0.15) is 18.3 Å². The van der Waals surface area contributed by atoms with Gasteiger partial charge in [0.25, 0.3) is 10.0 Å². The first-order valence-electron chi connectivity index (χ1n) is 14.6. The minimum Gasteiger partial charge on any atom is -0.497 e. The molecule has 9 heteroatoms. The van der Waals surface area contributed by atoms with E-state index in [4.69, 9.17) is 4.74 Å². The highest BCUT2D eigenvalue weighted by atomic mass is 32.2. The zero-order chi connectivity index (χ0) is 30.1. The lowest BCUT2D eigenvalue weighted by Gasteiger charge is -2.33. The number of aryl methyl sites for hydroxylation is 1. The zero-order valence-corrected chi connectivity index (χ0v) is 25.5. The zero-order valence-electron chi connectivity index (χ0n) is 24.7. The molecule has 8 nitrogen and oxygen atoms in total. The number of carbonyl (C=O) groups excluding carboxylic acids is 2. The molecule has 3 aromatic rings. The van der Waals surface area contributed by atoms with Crippen LogP contribution >= 0.6 is 0 Å². The summed E-state index contributed by atoms with van der Waals surface area (Å²) in [5.41, 5.74) is 2.24. The van der Waals surface area contributed by atoms with Crippen molar-refractivity contribution < 1.29 is 22.7 Å². The quantitative estimate of drug-likeness (QED) is 0.316. The Hall–Kier alpha value is -3.85. The van der Waals surface area contributed by atoms with Crippen LogP contribution in [-0.2, 0) is 26.0 Å².